The van der Waals surface area contributed by atoms with Gasteiger partial charge in [0.15, 0.2) is 0 Å². The first-order valence-corrected chi connectivity index (χ1v) is 4.90. The quantitative estimate of drug-likeness (QED) is 0.128. The molecule has 0 saturated heterocycles. The fourth-order valence-electron chi connectivity index (χ4n) is 0.945. The summed E-state index contributed by atoms with van der Waals surface area (Å²) in [5.74, 6) is -0.358. The van der Waals surface area contributed by atoms with Crippen LogP contribution in [0.4, 0.5) is 0 Å². The van der Waals surface area contributed by atoms with Crippen LogP contribution in [0, 0.1) is 5.41 Å². The Hall–Kier alpha value is -1.70. The van der Waals surface area contributed by atoms with Crippen LogP contribution in [0.5, 0.6) is 0 Å². The van der Waals surface area contributed by atoms with Gasteiger partial charge in [0.1, 0.15) is 6.61 Å². The number of hydroxylamine groups is 2. The van der Waals surface area contributed by atoms with Gasteiger partial charge in [-0.3, -0.25) is 16.9 Å². The molecule has 8 heteroatoms. The summed E-state index contributed by atoms with van der Waals surface area (Å²) in [5, 5.41) is 6.97. The van der Waals surface area contributed by atoms with Crippen LogP contribution in [0.2, 0.25) is 0 Å². The van der Waals surface area contributed by atoms with Crippen LogP contribution in [0.3, 0.4) is 0 Å². The summed E-state index contributed by atoms with van der Waals surface area (Å²) in [5.41, 5.74) is 17.3. The van der Waals surface area contributed by atoms with E-state index in [-0.39, 0.29) is 11.9 Å². The molecular formula is C8H21N6O2+. The maximum absolute atomic E-state index is 6.97. The van der Waals surface area contributed by atoms with Crippen LogP contribution in [-0.4, -0.2) is 29.0 Å². The minimum absolute atomic E-state index is 0.0381. The summed E-state index contributed by atoms with van der Waals surface area (Å²) in [7, 11) is 0. The molecule has 0 saturated carbocycles. The van der Waals surface area contributed by atoms with Gasteiger partial charge in [-0.2, -0.15) is 0 Å². The predicted octanol–water partition coefficient (Wildman–Crippen LogP) is -1.24. The SMILES string of the molecule is CCCO[N+](=C(N)N)C(C)(C)ONC(=N)N. The zero-order chi connectivity index (χ0) is 12.8. The van der Waals surface area contributed by atoms with E-state index in [1.807, 2.05) is 6.92 Å². The molecule has 0 heterocycles. The highest BCUT2D eigenvalue weighted by atomic mass is 16.7. The number of guanidine groups is 2. The minimum atomic E-state index is -0.986. The zero-order valence-corrected chi connectivity index (χ0v) is 9.91. The van der Waals surface area contributed by atoms with Gasteiger partial charge in [0.2, 0.25) is 11.7 Å². The van der Waals surface area contributed by atoms with Gasteiger partial charge in [0.25, 0.3) is 0 Å². The van der Waals surface area contributed by atoms with Crippen LogP contribution in [0.1, 0.15) is 27.2 Å². The molecule has 0 aliphatic heterocycles. The monoisotopic (exact) mass is 233 g/mol. The Balaban J connectivity index is 4.63. The Morgan fingerprint density at radius 3 is 2.31 bits per heavy atom. The number of nitrogens with zero attached hydrogens (tertiary/aromatic N) is 1. The van der Waals surface area contributed by atoms with E-state index in [0.29, 0.717) is 6.61 Å². The third kappa shape index (κ3) is 4.69. The highest BCUT2D eigenvalue weighted by molar-refractivity contribution is 5.73. The first kappa shape index (κ1) is 14.3. The lowest BCUT2D eigenvalue weighted by Gasteiger charge is -2.26. The average Bonchev–Trinajstić information content (AvgIpc) is 2.14. The summed E-state index contributed by atoms with van der Waals surface area (Å²) in [6.07, 6.45) is 0.806. The molecule has 8 nitrogen and oxygen atoms in total. The van der Waals surface area contributed by atoms with Gasteiger partial charge in [-0.25, -0.2) is 10.3 Å². The molecule has 0 aromatic carbocycles. The number of nitrogens with one attached hydrogen (secondary N) is 2. The summed E-state index contributed by atoms with van der Waals surface area (Å²) >= 11 is 0. The molecule has 94 valence electrons. The molecule has 8 N–H and O–H groups in total. The van der Waals surface area contributed by atoms with E-state index in [0.717, 1.165) is 6.42 Å². The number of hydrogen-bond donors (Lipinski definition) is 5. The van der Waals surface area contributed by atoms with E-state index >= 15 is 0 Å². The molecule has 0 atom stereocenters. The van der Waals surface area contributed by atoms with E-state index in [2.05, 4.69) is 5.48 Å². The van der Waals surface area contributed by atoms with Crippen molar-refractivity contribution in [3.63, 3.8) is 0 Å². The Morgan fingerprint density at radius 2 is 1.94 bits per heavy atom. The number of rotatable bonds is 6. The number of hydrogen-bond acceptors (Lipinski definition) is 3. The maximum atomic E-state index is 6.97. The Labute approximate surface area is 94.8 Å². The van der Waals surface area contributed by atoms with Gasteiger partial charge in [-0.1, -0.05) is 11.7 Å². The third-order valence-electron chi connectivity index (χ3n) is 1.56. The Morgan fingerprint density at radius 1 is 1.38 bits per heavy atom. The second-order valence-corrected chi connectivity index (χ2v) is 3.62. The van der Waals surface area contributed by atoms with E-state index in [4.69, 9.17) is 32.3 Å². The highest BCUT2D eigenvalue weighted by Gasteiger charge is 2.31. The molecule has 0 aromatic rings. The van der Waals surface area contributed by atoms with Gasteiger partial charge in [-0.15, -0.1) is 0 Å². The highest BCUT2D eigenvalue weighted by Crippen LogP contribution is 2.09. The Kier molecular flexibility index (Phi) is 5.37. The fraction of sp³-hybridized carbons (Fsp3) is 0.750. The molecule has 0 amide bonds. The third-order valence-corrected chi connectivity index (χ3v) is 1.56. The lowest BCUT2D eigenvalue weighted by atomic mass is 10.3. The van der Waals surface area contributed by atoms with E-state index in [1.165, 1.54) is 4.74 Å². The van der Waals surface area contributed by atoms with Crippen molar-refractivity contribution < 1.29 is 14.4 Å². The molecule has 0 unspecified atom stereocenters. The van der Waals surface area contributed by atoms with E-state index in [1.54, 1.807) is 13.8 Å². The normalized spacial score (nSPS) is 10.7. The summed E-state index contributed by atoms with van der Waals surface area (Å²) < 4.78 is 1.21. The topological polar surface area (TPSA) is 135 Å². The zero-order valence-electron chi connectivity index (χ0n) is 9.91. The van der Waals surface area contributed by atoms with Crippen molar-refractivity contribution in [1.29, 1.82) is 5.41 Å². The molecular weight excluding hydrogens is 212 g/mol. The molecule has 0 rings (SSSR count). The van der Waals surface area contributed by atoms with Gasteiger partial charge < -0.3 is 10.6 Å². The second-order valence-electron chi connectivity index (χ2n) is 3.62. The van der Waals surface area contributed by atoms with Crippen LogP contribution in [0.15, 0.2) is 0 Å². The molecule has 0 radical (unpaired) electrons. The van der Waals surface area contributed by atoms with Crippen molar-refractivity contribution in [3.8, 4) is 0 Å². The van der Waals surface area contributed by atoms with Gasteiger partial charge >= 0.3 is 5.96 Å². The predicted molar refractivity (Wildman–Crippen MR) is 60.1 cm³/mol. The fourth-order valence-corrected chi connectivity index (χ4v) is 0.945. The summed E-state index contributed by atoms with van der Waals surface area (Å²) in [6, 6.07) is 0. The summed E-state index contributed by atoms with van der Waals surface area (Å²) in [6.45, 7) is 5.73. The van der Waals surface area contributed by atoms with Crippen LogP contribution >= 0.6 is 0 Å². The largest absolute Gasteiger partial charge is 0.380 e. The van der Waals surface area contributed by atoms with E-state index in [9.17, 15) is 0 Å². The molecule has 16 heavy (non-hydrogen) atoms. The standard InChI is InChI=1S/C8H20N6O2/c1-4-5-15-14(7(11)12)8(2,3)16-13-6(9)10/h4-5H2,1-3H3,(H7,9,10,11,12,13)/p+1. The molecule has 0 aliphatic carbocycles. The summed E-state index contributed by atoms with van der Waals surface area (Å²) in [4.78, 5) is 10.5. The van der Waals surface area contributed by atoms with Crippen molar-refractivity contribution in [1.82, 2.24) is 5.48 Å². The number of nitrogens with two attached hydrogens (primary N) is 3. The van der Waals surface area contributed by atoms with Crippen molar-refractivity contribution in [2.45, 2.75) is 32.9 Å². The first-order valence-electron chi connectivity index (χ1n) is 4.90. The average molecular weight is 233 g/mol. The first-order chi connectivity index (χ1) is 7.31. The maximum Gasteiger partial charge on any atom is 0.380 e. The Bertz CT molecular complexity index is 272. The van der Waals surface area contributed by atoms with Gasteiger partial charge in [-0.05, 0) is 6.42 Å². The van der Waals surface area contributed by atoms with Crippen LogP contribution < -0.4 is 22.7 Å². The minimum Gasteiger partial charge on any atom is -0.368 e. The lowest BCUT2D eigenvalue weighted by molar-refractivity contribution is -0.863. The molecule has 0 bridgehead atoms. The molecule has 0 aliphatic rings. The molecule has 0 spiro atoms. The van der Waals surface area contributed by atoms with Crippen molar-refractivity contribution in [3.05, 3.63) is 0 Å². The smallest absolute Gasteiger partial charge is 0.368 e. The van der Waals surface area contributed by atoms with Crippen molar-refractivity contribution >= 4 is 11.9 Å². The second kappa shape index (κ2) is 6.01. The van der Waals surface area contributed by atoms with E-state index < -0.39 is 5.72 Å². The molecule has 0 aromatic heterocycles. The lowest BCUT2D eigenvalue weighted by Crippen LogP contribution is -2.52. The molecule has 0 fully saturated rings. The van der Waals surface area contributed by atoms with Gasteiger partial charge in [0.05, 0.1) is 0 Å². The van der Waals surface area contributed by atoms with Crippen LogP contribution in [0.25, 0.3) is 0 Å². The van der Waals surface area contributed by atoms with Crippen molar-refractivity contribution in [2.75, 3.05) is 6.61 Å². The van der Waals surface area contributed by atoms with Crippen molar-refractivity contribution in [2.24, 2.45) is 17.2 Å². The van der Waals surface area contributed by atoms with Gasteiger partial charge in [0, 0.05) is 13.8 Å². The van der Waals surface area contributed by atoms with Crippen LogP contribution in [-0.2, 0) is 9.68 Å².